The number of thiazole rings is 1. The van der Waals surface area contributed by atoms with Crippen molar-refractivity contribution in [3.63, 3.8) is 0 Å². The van der Waals surface area contributed by atoms with Crippen molar-refractivity contribution in [3.05, 3.63) is 57.6 Å². The van der Waals surface area contributed by atoms with Crippen molar-refractivity contribution in [2.75, 3.05) is 6.54 Å². The van der Waals surface area contributed by atoms with Gasteiger partial charge in [-0.25, -0.2) is 4.98 Å². The summed E-state index contributed by atoms with van der Waals surface area (Å²) in [6.45, 7) is 4.64. The smallest absolute Gasteiger partial charge is 0.228 e. The Hall–Kier alpha value is -2.74. The minimum atomic E-state index is -0.0856. The second kappa shape index (κ2) is 8.57. The number of nitrogens with one attached hydrogen (secondary N) is 1. The number of hydrogen-bond donors (Lipinski definition) is 1. The molecule has 3 rings (SSSR count). The monoisotopic (exact) mass is 372 g/mol. The maximum absolute atomic E-state index is 12.0. The average molecular weight is 372 g/mol. The zero-order valence-electron chi connectivity index (χ0n) is 14.7. The van der Waals surface area contributed by atoms with Crippen LogP contribution in [0.15, 0.2) is 34.2 Å². The van der Waals surface area contributed by atoms with Gasteiger partial charge >= 0.3 is 0 Å². The Labute approximate surface area is 155 Å². The van der Waals surface area contributed by atoms with Crippen LogP contribution >= 0.6 is 11.3 Å². The predicted octanol–water partition coefficient (Wildman–Crippen LogP) is 2.62. The molecule has 136 valence electrons. The number of hydrogen-bond acceptors (Lipinski definition) is 7. The fourth-order valence-electron chi connectivity index (χ4n) is 2.25. The number of aryl methyl sites for hydroxylation is 2. The van der Waals surface area contributed by atoms with Crippen molar-refractivity contribution in [1.29, 1.82) is 0 Å². The van der Waals surface area contributed by atoms with E-state index in [1.807, 2.05) is 36.6 Å². The topological polar surface area (TPSA) is 90.1 Å². The highest BCUT2D eigenvalue weighted by Gasteiger charge is 2.09. The van der Waals surface area contributed by atoms with E-state index in [9.17, 15) is 4.79 Å². The molecule has 0 saturated heterocycles. The summed E-state index contributed by atoms with van der Waals surface area (Å²) in [5, 5.41) is 9.26. The molecule has 0 aliphatic rings. The van der Waals surface area contributed by atoms with Gasteiger partial charge in [-0.2, -0.15) is 4.98 Å². The van der Waals surface area contributed by atoms with Crippen molar-refractivity contribution in [3.8, 4) is 5.75 Å². The van der Waals surface area contributed by atoms with Crippen LogP contribution in [0, 0.1) is 13.8 Å². The van der Waals surface area contributed by atoms with Crippen LogP contribution in [0.4, 0.5) is 0 Å². The van der Waals surface area contributed by atoms with Gasteiger partial charge in [0.1, 0.15) is 17.4 Å². The molecule has 1 amide bonds. The number of carbonyl (C=O) groups excluding carboxylic acids is 1. The van der Waals surface area contributed by atoms with E-state index in [2.05, 4.69) is 20.4 Å². The normalized spacial score (nSPS) is 10.7. The number of rotatable bonds is 8. The Kier molecular flexibility index (Phi) is 5.96. The molecular formula is C18H20N4O3S. The van der Waals surface area contributed by atoms with Gasteiger partial charge in [0, 0.05) is 18.3 Å². The van der Waals surface area contributed by atoms with E-state index in [1.165, 1.54) is 16.9 Å². The number of carbonyl (C=O) groups is 1. The van der Waals surface area contributed by atoms with Crippen LogP contribution in [-0.4, -0.2) is 27.6 Å². The number of nitrogens with zero attached hydrogens (tertiary/aromatic N) is 3. The third-order valence-corrected chi connectivity index (χ3v) is 4.43. The van der Waals surface area contributed by atoms with E-state index in [1.54, 1.807) is 6.92 Å². The first-order valence-corrected chi connectivity index (χ1v) is 9.15. The van der Waals surface area contributed by atoms with E-state index in [0.29, 0.717) is 31.3 Å². The van der Waals surface area contributed by atoms with Crippen molar-refractivity contribution < 1.29 is 14.1 Å². The first-order valence-electron chi connectivity index (χ1n) is 8.27. The fourth-order valence-corrected chi connectivity index (χ4v) is 2.96. The first kappa shape index (κ1) is 18.1. The van der Waals surface area contributed by atoms with Crippen LogP contribution in [0.25, 0.3) is 0 Å². The maximum atomic E-state index is 12.0. The van der Waals surface area contributed by atoms with Crippen LogP contribution in [0.5, 0.6) is 5.75 Å². The van der Waals surface area contributed by atoms with E-state index in [-0.39, 0.29) is 12.3 Å². The zero-order valence-corrected chi connectivity index (χ0v) is 15.5. The summed E-state index contributed by atoms with van der Waals surface area (Å²) in [5.41, 5.74) is 1.93. The van der Waals surface area contributed by atoms with Crippen LogP contribution in [0.1, 0.15) is 28.0 Å². The molecule has 3 aromatic rings. The third kappa shape index (κ3) is 5.38. The molecular weight excluding hydrogens is 352 g/mol. The van der Waals surface area contributed by atoms with Gasteiger partial charge in [-0.3, -0.25) is 4.79 Å². The summed E-state index contributed by atoms with van der Waals surface area (Å²) in [6.07, 6.45) is 0.753. The molecule has 0 atom stereocenters. The molecule has 2 aromatic heterocycles. The van der Waals surface area contributed by atoms with E-state index in [0.717, 1.165) is 16.5 Å². The summed E-state index contributed by atoms with van der Waals surface area (Å²) in [7, 11) is 0. The average Bonchev–Trinajstić information content (AvgIpc) is 3.23. The van der Waals surface area contributed by atoms with Gasteiger partial charge in [0.15, 0.2) is 5.82 Å². The Bertz CT molecular complexity index is 857. The SMILES string of the molecule is Cc1ccc(OCc2nc(CC(=O)NCCc3nc(C)no3)cs2)cc1. The van der Waals surface area contributed by atoms with Gasteiger partial charge in [0.05, 0.1) is 12.1 Å². The Morgan fingerprint density at radius 3 is 2.77 bits per heavy atom. The van der Waals surface area contributed by atoms with Crippen LogP contribution in [0.3, 0.4) is 0 Å². The number of ether oxygens (including phenoxy) is 1. The predicted molar refractivity (Wildman–Crippen MR) is 97.1 cm³/mol. The van der Waals surface area contributed by atoms with Crippen LogP contribution < -0.4 is 10.1 Å². The zero-order chi connectivity index (χ0) is 18.4. The molecule has 0 fully saturated rings. The summed E-state index contributed by atoms with van der Waals surface area (Å²) < 4.78 is 10.7. The fraction of sp³-hybridized carbons (Fsp3) is 0.333. The Morgan fingerprint density at radius 2 is 2.04 bits per heavy atom. The van der Waals surface area contributed by atoms with Gasteiger partial charge in [-0.05, 0) is 26.0 Å². The largest absolute Gasteiger partial charge is 0.486 e. The van der Waals surface area contributed by atoms with Crippen LogP contribution in [0.2, 0.25) is 0 Å². The third-order valence-electron chi connectivity index (χ3n) is 3.55. The maximum Gasteiger partial charge on any atom is 0.228 e. The number of aromatic nitrogens is 3. The molecule has 8 heteroatoms. The molecule has 0 aliphatic carbocycles. The van der Waals surface area contributed by atoms with Crippen molar-refractivity contribution in [2.45, 2.75) is 33.3 Å². The van der Waals surface area contributed by atoms with Crippen LogP contribution in [-0.2, 0) is 24.2 Å². The lowest BCUT2D eigenvalue weighted by molar-refractivity contribution is -0.120. The quantitative estimate of drug-likeness (QED) is 0.654. The molecule has 0 unspecified atom stereocenters. The Morgan fingerprint density at radius 1 is 1.23 bits per heavy atom. The summed E-state index contributed by atoms with van der Waals surface area (Å²) in [6, 6.07) is 7.87. The molecule has 0 spiro atoms. The second-order valence-corrected chi connectivity index (χ2v) is 6.79. The lowest BCUT2D eigenvalue weighted by Crippen LogP contribution is -2.27. The minimum Gasteiger partial charge on any atom is -0.486 e. The Balaban J connectivity index is 1.41. The van der Waals surface area contributed by atoms with E-state index in [4.69, 9.17) is 9.26 Å². The van der Waals surface area contributed by atoms with E-state index >= 15 is 0 Å². The molecule has 0 saturated carbocycles. The molecule has 1 N–H and O–H groups in total. The molecule has 26 heavy (non-hydrogen) atoms. The lowest BCUT2D eigenvalue weighted by Gasteiger charge is -2.04. The number of amides is 1. The van der Waals surface area contributed by atoms with Crippen molar-refractivity contribution >= 4 is 17.2 Å². The number of benzene rings is 1. The molecule has 7 nitrogen and oxygen atoms in total. The summed E-state index contributed by atoms with van der Waals surface area (Å²) in [5.74, 6) is 1.83. The van der Waals surface area contributed by atoms with E-state index < -0.39 is 0 Å². The van der Waals surface area contributed by atoms with Gasteiger partial charge in [-0.1, -0.05) is 22.9 Å². The summed E-state index contributed by atoms with van der Waals surface area (Å²) >= 11 is 1.49. The highest BCUT2D eigenvalue weighted by Crippen LogP contribution is 2.16. The molecule has 0 aliphatic heterocycles. The molecule has 0 radical (unpaired) electrons. The molecule has 0 bridgehead atoms. The van der Waals surface area contributed by atoms with Crippen molar-refractivity contribution in [2.24, 2.45) is 0 Å². The highest BCUT2D eigenvalue weighted by atomic mass is 32.1. The van der Waals surface area contributed by atoms with Gasteiger partial charge in [0.2, 0.25) is 11.8 Å². The van der Waals surface area contributed by atoms with Crippen molar-refractivity contribution in [1.82, 2.24) is 20.4 Å². The standard InChI is InChI=1S/C18H20N4O3S/c1-12-3-5-15(6-4-12)24-10-18-21-14(11-26-18)9-16(23)19-8-7-17-20-13(2)22-25-17/h3-6,11H,7-10H2,1-2H3,(H,19,23). The van der Waals surface area contributed by atoms with Gasteiger partial charge in [0.25, 0.3) is 0 Å². The van der Waals surface area contributed by atoms with Gasteiger partial charge in [-0.15, -0.1) is 11.3 Å². The first-order chi connectivity index (χ1) is 12.6. The van der Waals surface area contributed by atoms with Gasteiger partial charge < -0.3 is 14.6 Å². The molecule has 1 aromatic carbocycles. The molecule has 2 heterocycles. The second-order valence-electron chi connectivity index (χ2n) is 5.85. The highest BCUT2D eigenvalue weighted by molar-refractivity contribution is 7.09. The lowest BCUT2D eigenvalue weighted by atomic mass is 10.2. The minimum absolute atomic E-state index is 0.0856. The summed E-state index contributed by atoms with van der Waals surface area (Å²) in [4.78, 5) is 20.5.